The highest BCUT2D eigenvalue weighted by Crippen LogP contribution is 2.78. The predicted molar refractivity (Wildman–Crippen MR) is 145 cm³/mol. The SMILES string of the molecule is CC(=O)OCCC(C)[C@H]1CC[C@]2(C)[C@H]3CC[C@@H]4[C@@]5(C)CCCC(C)(C)[C@@H]5CC[C@@]4(C)[C@]3(C)CC[C@@H]12. The summed E-state index contributed by atoms with van der Waals surface area (Å²) in [5, 5.41) is 0. The second kappa shape index (κ2) is 8.49. The molecule has 5 aliphatic carbocycles. The molecule has 5 saturated carbocycles. The summed E-state index contributed by atoms with van der Waals surface area (Å²) in [6.07, 6.45) is 17.0. The van der Waals surface area contributed by atoms with Gasteiger partial charge in [0.05, 0.1) is 6.61 Å². The molecule has 5 rings (SSSR count). The molecule has 0 saturated heterocycles. The van der Waals surface area contributed by atoms with E-state index < -0.39 is 0 Å². The Bertz CT molecular complexity index is 831. The maximum absolute atomic E-state index is 11.3. The number of esters is 1. The zero-order valence-electron chi connectivity index (χ0n) is 24.5. The maximum atomic E-state index is 11.3. The average Bonchev–Trinajstić information content (AvgIpc) is 3.10. The third-order valence-electron chi connectivity index (χ3n) is 14.4. The quantitative estimate of drug-likeness (QED) is 0.372. The Labute approximate surface area is 217 Å². The molecule has 35 heavy (non-hydrogen) atoms. The summed E-state index contributed by atoms with van der Waals surface area (Å²) in [6, 6.07) is 0. The molecule has 0 aromatic rings. The largest absolute Gasteiger partial charge is 0.466 e. The van der Waals surface area contributed by atoms with Crippen LogP contribution in [-0.4, -0.2) is 12.6 Å². The van der Waals surface area contributed by atoms with Gasteiger partial charge in [-0.3, -0.25) is 4.79 Å². The lowest BCUT2D eigenvalue weighted by Crippen LogP contribution is -2.65. The molecular formula is C33H56O2. The fourth-order valence-corrected chi connectivity index (χ4v) is 12.6. The van der Waals surface area contributed by atoms with Crippen molar-refractivity contribution in [2.45, 2.75) is 132 Å². The smallest absolute Gasteiger partial charge is 0.302 e. The Balaban J connectivity index is 1.39. The minimum Gasteiger partial charge on any atom is -0.466 e. The Morgan fingerprint density at radius 3 is 2.06 bits per heavy atom. The van der Waals surface area contributed by atoms with E-state index >= 15 is 0 Å². The van der Waals surface area contributed by atoms with Gasteiger partial charge in [0.1, 0.15) is 0 Å². The van der Waals surface area contributed by atoms with Gasteiger partial charge in [0.15, 0.2) is 0 Å². The number of carbonyl (C=O) groups is 1. The number of ether oxygens (including phenoxy) is 1. The topological polar surface area (TPSA) is 26.3 Å². The van der Waals surface area contributed by atoms with E-state index in [0.29, 0.717) is 39.6 Å². The number of carbonyl (C=O) groups excluding carboxylic acids is 1. The van der Waals surface area contributed by atoms with Crippen molar-refractivity contribution >= 4 is 5.97 Å². The van der Waals surface area contributed by atoms with Crippen molar-refractivity contribution in [2.24, 2.45) is 62.6 Å². The lowest BCUT2D eigenvalue weighted by molar-refractivity contribution is -0.241. The average molecular weight is 485 g/mol. The summed E-state index contributed by atoms with van der Waals surface area (Å²) in [5.74, 6) is 4.94. The van der Waals surface area contributed by atoms with Gasteiger partial charge in [0.25, 0.3) is 0 Å². The first kappa shape index (κ1) is 26.1. The van der Waals surface area contributed by atoms with Gasteiger partial charge < -0.3 is 4.74 Å². The molecule has 1 unspecified atom stereocenters. The second-order valence-corrected chi connectivity index (χ2v) is 15.9. The Morgan fingerprint density at radius 1 is 0.771 bits per heavy atom. The van der Waals surface area contributed by atoms with E-state index in [1.54, 1.807) is 6.92 Å². The van der Waals surface area contributed by atoms with E-state index in [9.17, 15) is 4.79 Å². The van der Waals surface area contributed by atoms with Crippen LogP contribution < -0.4 is 0 Å². The lowest BCUT2D eigenvalue weighted by atomic mass is 9.32. The van der Waals surface area contributed by atoms with Gasteiger partial charge in [-0.05, 0) is 133 Å². The zero-order chi connectivity index (χ0) is 25.4. The van der Waals surface area contributed by atoms with Crippen LogP contribution in [-0.2, 0) is 9.53 Å². The fraction of sp³-hybridized carbons (Fsp3) is 0.970. The molecule has 5 fully saturated rings. The molecule has 0 spiro atoms. The van der Waals surface area contributed by atoms with E-state index in [1.807, 2.05) is 0 Å². The first-order chi connectivity index (χ1) is 16.3. The minimum atomic E-state index is -0.128. The van der Waals surface area contributed by atoms with Gasteiger partial charge in [-0.25, -0.2) is 0 Å². The van der Waals surface area contributed by atoms with Crippen LogP contribution in [0, 0.1) is 62.6 Å². The summed E-state index contributed by atoms with van der Waals surface area (Å²) in [6.45, 7) is 20.8. The fourth-order valence-electron chi connectivity index (χ4n) is 12.6. The molecule has 0 aromatic heterocycles. The first-order valence-corrected chi connectivity index (χ1v) is 15.4. The Hall–Kier alpha value is -0.530. The van der Waals surface area contributed by atoms with Crippen molar-refractivity contribution in [2.75, 3.05) is 6.61 Å². The highest BCUT2D eigenvalue weighted by atomic mass is 16.5. The van der Waals surface area contributed by atoms with E-state index in [2.05, 4.69) is 48.5 Å². The molecule has 10 atom stereocenters. The molecule has 0 radical (unpaired) electrons. The number of hydrogen-bond acceptors (Lipinski definition) is 2. The van der Waals surface area contributed by atoms with Crippen LogP contribution in [0.3, 0.4) is 0 Å². The normalized spacial score (nSPS) is 51.4. The van der Waals surface area contributed by atoms with Gasteiger partial charge in [0, 0.05) is 6.92 Å². The lowest BCUT2D eigenvalue weighted by Gasteiger charge is -2.73. The van der Waals surface area contributed by atoms with Crippen LogP contribution in [0.4, 0.5) is 0 Å². The highest BCUT2D eigenvalue weighted by molar-refractivity contribution is 5.65. The molecule has 0 heterocycles. The molecule has 5 aliphatic rings. The molecule has 0 N–H and O–H groups in total. The highest BCUT2D eigenvalue weighted by Gasteiger charge is 2.70. The van der Waals surface area contributed by atoms with E-state index in [4.69, 9.17) is 4.74 Å². The molecular weight excluding hydrogens is 428 g/mol. The zero-order valence-corrected chi connectivity index (χ0v) is 24.5. The summed E-state index contributed by atoms with van der Waals surface area (Å²) in [5.41, 5.74) is 2.57. The van der Waals surface area contributed by atoms with Gasteiger partial charge in [-0.1, -0.05) is 54.9 Å². The third kappa shape index (κ3) is 3.64. The van der Waals surface area contributed by atoms with Crippen LogP contribution in [0.5, 0.6) is 0 Å². The van der Waals surface area contributed by atoms with Gasteiger partial charge in [-0.15, -0.1) is 0 Å². The molecule has 0 aliphatic heterocycles. The monoisotopic (exact) mass is 484 g/mol. The van der Waals surface area contributed by atoms with E-state index in [-0.39, 0.29) is 5.97 Å². The van der Waals surface area contributed by atoms with Gasteiger partial charge in [0.2, 0.25) is 0 Å². The van der Waals surface area contributed by atoms with Crippen molar-refractivity contribution < 1.29 is 9.53 Å². The first-order valence-electron chi connectivity index (χ1n) is 15.4. The summed E-state index contributed by atoms with van der Waals surface area (Å²) < 4.78 is 5.34. The van der Waals surface area contributed by atoms with Crippen molar-refractivity contribution in [3.63, 3.8) is 0 Å². The molecule has 2 nitrogen and oxygen atoms in total. The third-order valence-corrected chi connectivity index (χ3v) is 14.4. The van der Waals surface area contributed by atoms with E-state index in [0.717, 1.165) is 36.0 Å². The molecule has 0 amide bonds. The van der Waals surface area contributed by atoms with Crippen LogP contribution in [0.25, 0.3) is 0 Å². The molecule has 0 aromatic carbocycles. The Morgan fingerprint density at radius 2 is 1.40 bits per heavy atom. The Kier molecular flexibility index (Phi) is 6.33. The maximum Gasteiger partial charge on any atom is 0.302 e. The van der Waals surface area contributed by atoms with Crippen LogP contribution >= 0.6 is 0 Å². The van der Waals surface area contributed by atoms with Gasteiger partial charge >= 0.3 is 5.97 Å². The van der Waals surface area contributed by atoms with Crippen molar-refractivity contribution in [3.05, 3.63) is 0 Å². The van der Waals surface area contributed by atoms with Crippen LogP contribution in [0.1, 0.15) is 132 Å². The van der Waals surface area contributed by atoms with Crippen molar-refractivity contribution in [3.8, 4) is 0 Å². The summed E-state index contributed by atoms with van der Waals surface area (Å²) in [4.78, 5) is 11.3. The van der Waals surface area contributed by atoms with Crippen LogP contribution in [0.2, 0.25) is 0 Å². The van der Waals surface area contributed by atoms with Crippen molar-refractivity contribution in [1.82, 2.24) is 0 Å². The van der Waals surface area contributed by atoms with Crippen LogP contribution in [0.15, 0.2) is 0 Å². The number of hydrogen-bond donors (Lipinski definition) is 0. The summed E-state index contributed by atoms with van der Waals surface area (Å²) >= 11 is 0. The van der Waals surface area contributed by atoms with E-state index in [1.165, 1.54) is 70.6 Å². The molecule has 0 bridgehead atoms. The number of fused-ring (bicyclic) bond motifs is 7. The minimum absolute atomic E-state index is 0.128. The second-order valence-electron chi connectivity index (χ2n) is 15.9. The molecule has 2 heteroatoms. The molecule has 200 valence electrons. The number of rotatable bonds is 4. The standard InChI is InChI=1S/C33H56O2/c1-22(15-21-35-23(2)34)24-12-18-30(5)25(24)13-19-32(7)27(30)10-11-28-31(6)17-9-16-29(3,4)26(31)14-20-33(28,32)8/h22,24-28H,9-21H2,1-8H3/t22?,24-,25+,26+,27-,28-,30+,31+,32-,33-/m1/s1. The predicted octanol–water partition coefficient (Wildman–Crippen LogP) is 9.07. The summed E-state index contributed by atoms with van der Waals surface area (Å²) in [7, 11) is 0. The van der Waals surface area contributed by atoms with Gasteiger partial charge in [-0.2, -0.15) is 0 Å². The van der Waals surface area contributed by atoms with Crippen molar-refractivity contribution in [1.29, 1.82) is 0 Å².